The second-order valence-corrected chi connectivity index (χ2v) is 10.4. The molecular weight excluding hydrogens is 542 g/mol. The normalized spacial score (nSPS) is 20.7. The van der Waals surface area contributed by atoms with E-state index in [0.29, 0.717) is 69.5 Å². The second kappa shape index (κ2) is 12.1. The average Bonchev–Trinajstić information content (AvgIpc) is 2.94. The molecule has 0 aromatic heterocycles. The van der Waals surface area contributed by atoms with Gasteiger partial charge in [-0.15, -0.1) is 0 Å². The van der Waals surface area contributed by atoms with Crippen molar-refractivity contribution in [3.05, 3.63) is 59.4 Å². The minimum Gasteiger partial charge on any atom is -0.379 e. The maximum atomic E-state index is 15.7. The van der Waals surface area contributed by atoms with Gasteiger partial charge in [0.25, 0.3) is 5.91 Å². The van der Waals surface area contributed by atoms with Crippen molar-refractivity contribution >= 4 is 29.4 Å². The van der Waals surface area contributed by atoms with E-state index in [-0.39, 0.29) is 11.3 Å². The molecule has 0 spiro atoms. The Morgan fingerprint density at radius 2 is 1.80 bits per heavy atom. The van der Waals surface area contributed by atoms with Gasteiger partial charge in [0, 0.05) is 63.7 Å². The number of amides is 2. The summed E-state index contributed by atoms with van der Waals surface area (Å²) in [5.74, 6) is -4.43. The maximum absolute atomic E-state index is 15.7. The molecule has 8 nitrogen and oxygen atoms in total. The molecule has 0 aliphatic carbocycles. The number of ether oxygens (including phenoxy) is 1. The van der Waals surface area contributed by atoms with E-state index in [4.69, 9.17) is 4.74 Å². The SMILES string of the molecule is CN1CCN(c2cc(F)c(-c3cccc(CN4CCOCC4)c3)cc2NC(=O)C2C=NC(=O)C=C2C(F)(F)F)CC1. The lowest BCUT2D eigenvalue weighted by atomic mass is 9.95. The number of hydrogen-bond donors (Lipinski definition) is 1. The summed E-state index contributed by atoms with van der Waals surface area (Å²) in [6.07, 6.45) is -3.86. The Labute approximate surface area is 235 Å². The van der Waals surface area contributed by atoms with Gasteiger partial charge in [-0.1, -0.05) is 18.2 Å². The van der Waals surface area contributed by atoms with E-state index in [1.807, 2.05) is 30.1 Å². The number of alkyl halides is 3. The number of carbonyl (C=O) groups is 2. The van der Waals surface area contributed by atoms with Crippen molar-refractivity contribution in [3.8, 4) is 11.1 Å². The summed E-state index contributed by atoms with van der Waals surface area (Å²) in [5.41, 5.74) is 1.02. The van der Waals surface area contributed by atoms with Gasteiger partial charge in [0.05, 0.1) is 30.2 Å². The number of morpholine rings is 1. The van der Waals surface area contributed by atoms with Gasteiger partial charge in [0.1, 0.15) is 11.7 Å². The summed E-state index contributed by atoms with van der Waals surface area (Å²) >= 11 is 0. The number of anilines is 2. The highest BCUT2D eigenvalue weighted by Crippen LogP contribution is 2.37. The Morgan fingerprint density at radius 3 is 2.51 bits per heavy atom. The Kier molecular flexibility index (Phi) is 8.52. The van der Waals surface area contributed by atoms with Crippen LogP contribution in [0.5, 0.6) is 0 Å². The van der Waals surface area contributed by atoms with E-state index in [1.54, 1.807) is 6.07 Å². The molecule has 2 aromatic carbocycles. The number of rotatable bonds is 6. The van der Waals surface area contributed by atoms with Gasteiger partial charge in [-0.2, -0.15) is 13.2 Å². The van der Waals surface area contributed by atoms with Crippen molar-refractivity contribution in [3.63, 3.8) is 0 Å². The van der Waals surface area contributed by atoms with Crippen LogP contribution in [-0.2, 0) is 20.9 Å². The lowest BCUT2D eigenvalue weighted by Crippen LogP contribution is -2.45. The molecule has 0 radical (unpaired) electrons. The van der Waals surface area contributed by atoms with E-state index in [1.165, 1.54) is 12.1 Å². The average molecular weight is 574 g/mol. The fourth-order valence-electron chi connectivity index (χ4n) is 5.21. The number of hydrogen-bond acceptors (Lipinski definition) is 6. The molecule has 12 heteroatoms. The van der Waals surface area contributed by atoms with Gasteiger partial charge in [-0.25, -0.2) is 9.38 Å². The molecule has 1 unspecified atom stereocenters. The number of benzene rings is 2. The number of piperazine rings is 1. The molecule has 3 heterocycles. The molecule has 0 bridgehead atoms. The van der Waals surface area contributed by atoms with Crippen LogP contribution >= 0.6 is 0 Å². The number of likely N-dealkylation sites (N-methyl/N-ethyl adjacent to an activating group) is 1. The number of aliphatic imine (C=N–C) groups is 1. The number of halogens is 4. The van der Waals surface area contributed by atoms with Crippen molar-refractivity contribution in [1.29, 1.82) is 0 Å². The standard InChI is InChI=1S/C29H31F4N5O3/c1-36-5-7-38(8-6-36)26-16-24(30)21(20-4-2-3-19(13-20)18-37-9-11-41-12-10-37)14-25(26)35-28(40)22-17-34-27(39)15-23(22)29(31,32)33/h2-4,13-17,22H,5-12,18H2,1H3,(H,35,40). The van der Waals surface area contributed by atoms with Crippen molar-refractivity contribution < 1.29 is 31.9 Å². The third kappa shape index (κ3) is 6.83. The summed E-state index contributed by atoms with van der Waals surface area (Å²) in [6, 6.07) is 10.2. The lowest BCUT2D eigenvalue weighted by molar-refractivity contribution is -0.124. The minimum atomic E-state index is -4.90. The van der Waals surface area contributed by atoms with Gasteiger partial charge in [0.2, 0.25) is 5.91 Å². The molecular formula is C29H31F4N5O3. The van der Waals surface area contributed by atoms with Crippen molar-refractivity contribution in [2.24, 2.45) is 10.9 Å². The Hall–Kier alpha value is -3.61. The number of carbonyl (C=O) groups excluding carboxylic acids is 2. The van der Waals surface area contributed by atoms with Gasteiger partial charge >= 0.3 is 6.18 Å². The molecule has 1 atom stereocenters. The fraction of sp³-hybridized carbons (Fsp3) is 0.414. The molecule has 5 rings (SSSR count). The maximum Gasteiger partial charge on any atom is 0.414 e. The van der Waals surface area contributed by atoms with Crippen molar-refractivity contribution in [2.75, 3.05) is 69.7 Å². The first-order valence-corrected chi connectivity index (χ1v) is 13.4. The van der Waals surface area contributed by atoms with E-state index in [2.05, 4.69) is 20.1 Å². The molecule has 3 aliphatic rings. The molecule has 2 aromatic rings. The van der Waals surface area contributed by atoms with E-state index in [9.17, 15) is 22.8 Å². The summed E-state index contributed by atoms with van der Waals surface area (Å²) in [6.45, 7) is 6.01. The zero-order valence-corrected chi connectivity index (χ0v) is 22.6. The van der Waals surface area contributed by atoms with Crippen LogP contribution in [0.4, 0.5) is 28.9 Å². The fourth-order valence-corrected chi connectivity index (χ4v) is 5.21. The van der Waals surface area contributed by atoms with E-state index >= 15 is 4.39 Å². The highest BCUT2D eigenvalue weighted by atomic mass is 19.4. The Bertz CT molecular complexity index is 1360. The Morgan fingerprint density at radius 1 is 1.07 bits per heavy atom. The van der Waals surface area contributed by atoms with Crippen molar-refractivity contribution in [2.45, 2.75) is 12.7 Å². The lowest BCUT2D eigenvalue weighted by Gasteiger charge is -2.35. The van der Waals surface area contributed by atoms with Crippen LogP contribution in [0.2, 0.25) is 0 Å². The summed E-state index contributed by atoms with van der Waals surface area (Å²) in [7, 11) is 1.96. The van der Waals surface area contributed by atoms with Crippen LogP contribution in [0.15, 0.2) is 53.0 Å². The van der Waals surface area contributed by atoms with Crippen molar-refractivity contribution in [1.82, 2.24) is 9.80 Å². The number of dihydropyridines is 1. The molecule has 218 valence electrons. The van der Waals surface area contributed by atoms with Crippen LogP contribution < -0.4 is 10.2 Å². The summed E-state index contributed by atoms with van der Waals surface area (Å²) in [4.78, 5) is 34.4. The topological polar surface area (TPSA) is 77.5 Å². The van der Waals surface area contributed by atoms with Gasteiger partial charge in [-0.3, -0.25) is 14.5 Å². The smallest absolute Gasteiger partial charge is 0.379 e. The highest BCUT2D eigenvalue weighted by Gasteiger charge is 2.43. The first kappa shape index (κ1) is 28.9. The predicted molar refractivity (Wildman–Crippen MR) is 147 cm³/mol. The van der Waals surface area contributed by atoms with Gasteiger partial charge in [-0.05, 0) is 36.4 Å². The third-order valence-corrected chi connectivity index (χ3v) is 7.51. The summed E-state index contributed by atoms with van der Waals surface area (Å²) in [5, 5.41) is 2.60. The molecule has 1 N–H and O–H groups in total. The second-order valence-electron chi connectivity index (χ2n) is 10.4. The third-order valence-electron chi connectivity index (χ3n) is 7.51. The Balaban J connectivity index is 1.48. The predicted octanol–water partition coefficient (Wildman–Crippen LogP) is 3.73. The number of nitrogens with one attached hydrogen (secondary N) is 1. The molecule has 2 fully saturated rings. The molecule has 2 saturated heterocycles. The first-order valence-electron chi connectivity index (χ1n) is 13.4. The number of nitrogens with zero attached hydrogens (tertiary/aromatic N) is 4. The molecule has 2 amide bonds. The van der Waals surface area contributed by atoms with Crippen LogP contribution in [0.25, 0.3) is 11.1 Å². The van der Waals surface area contributed by atoms with E-state index in [0.717, 1.165) is 18.7 Å². The zero-order chi connectivity index (χ0) is 29.1. The molecule has 41 heavy (non-hydrogen) atoms. The van der Waals surface area contributed by atoms with Gasteiger partial charge < -0.3 is 19.9 Å². The largest absolute Gasteiger partial charge is 0.414 e. The minimum absolute atomic E-state index is 0.182. The molecule has 0 saturated carbocycles. The quantitative estimate of drug-likeness (QED) is 0.531. The van der Waals surface area contributed by atoms with E-state index < -0.39 is 35.3 Å². The summed E-state index contributed by atoms with van der Waals surface area (Å²) < 4.78 is 62.1. The van der Waals surface area contributed by atoms with Crippen LogP contribution in [0, 0.1) is 11.7 Å². The zero-order valence-electron chi connectivity index (χ0n) is 22.6. The van der Waals surface area contributed by atoms with Crippen LogP contribution in [-0.4, -0.2) is 93.5 Å². The van der Waals surface area contributed by atoms with Crippen LogP contribution in [0.3, 0.4) is 0 Å². The highest BCUT2D eigenvalue weighted by molar-refractivity contribution is 6.11. The van der Waals surface area contributed by atoms with Crippen LogP contribution in [0.1, 0.15) is 5.56 Å². The molecule has 3 aliphatic heterocycles. The first-order chi connectivity index (χ1) is 19.6. The monoisotopic (exact) mass is 573 g/mol. The van der Waals surface area contributed by atoms with Gasteiger partial charge in [0.15, 0.2) is 0 Å².